The van der Waals surface area contributed by atoms with E-state index in [0.717, 1.165) is 29.3 Å². The molecule has 10 heteroatoms. The first-order valence-corrected chi connectivity index (χ1v) is 14.1. The standard InChI is InChI=1S/C24H28N4O4S2/c1-15-3-5-18-21(13-15)33-24-22(18)23(25-16(2)26-24)27-7-9-28(10-8-27)34(29,30)17-4-6-19-20(14-17)32-12-11-31-19/h4,6,14-15H,3,5,7-13H2,1-2H3/t15-/m0/s1. The Morgan fingerprint density at radius 1 is 1.06 bits per heavy atom. The molecule has 1 aliphatic carbocycles. The van der Waals surface area contributed by atoms with Crippen LogP contribution in [0.3, 0.4) is 0 Å². The fourth-order valence-electron chi connectivity index (χ4n) is 5.13. The largest absolute Gasteiger partial charge is 0.486 e. The van der Waals surface area contributed by atoms with Gasteiger partial charge in [0.15, 0.2) is 11.5 Å². The highest BCUT2D eigenvalue weighted by Crippen LogP contribution is 2.41. The molecule has 1 saturated heterocycles. The highest BCUT2D eigenvalue weighted by atomic mass is 32.2. The second-order valence-corrected chi connectivity index (χ2v) is 12.3. The number of benzene rings is 1. The molecular weight excluding hydrogens is 472 g/mol. The van der Waals surface area contributed by atoms with Crippen LogP contribution < -0.4 is 14.4 Å². The Morgan fingerprint density at radius 3 is 2.62 bits per heavy atom. The number of hydrogen-bond donors (Lipinski definition) is 0. The number of thiophene rings is 1. The van der Waals surface area contributed by atoms with Crippen LogP contribution in [0.1, 0.15) is 29.6 Å². The van der Waals surface area contributed by atoms with Crippen molar-refractivity contribution in [2.75, 3.05) is 44.3 Å². The van der Waals surface area contributed by atoms with Crippen molar-refractivity contribution in [1.82, 2.24) is 14.3 Å². The van der Waals surface area contributed by atoms with E-state index in [9.17, 15) is 8.42 Å². The summed E-state index contributed by atoms with van der Waals surface area (Å²) in [6.45, 7) is 7.15. The number of ether oxygens (including phenoxy) is 2. The van der Waals surface area contributed by atoms with Crippen LogP contribution in [-0.4, -0.2) is 62.1 Å². The second kappa shape index (κ2) is 8.35. The molecule has 1 atom stereocenters. The Labute approximate surface area is 203 Å². The van der Waals surface area contributed by atoms with Crippen molar-refractivity contribution in [3.8, 4) is 11.5 Å². The molecule has 0 N–H and O–H groups in total. The highest BCUT2D eigenvalue weighted by molar-refractivity contribution is 7.89. The molecule has 0 saturated carbocycles. The van der Waals surface area contributed by atoms with Crippen molar-refractivity contribution < 1.29 is 17.9 Å². The summed E-state index contributed by atoms with van der Waals surface area (Å²) >= 11 is 1.80. The predicted molar refractivity (Wildman–Crippen MR) is 132 cm³/mol. The molecule has 8 nitrogen and oxygen atoms in total. The van der Waals surface area contributed by atoms with Crippen LogP contribution in [0.15, 0.2) is 23.1 Å². The predicted octanol–water partition coefficient (Wildman–Crippen LogP) is 3.41. The van der Waals surface area contributed by atoms with Gasteiger partial charge in [0.2, 0.25) is 10.0 Å². The first kappa shape index (κ1) is 22.1. The molecule has 0 unspecified atom stereocenters. The maximum atomic E-state index is 13.4. The Morgan fingerprint density at radius 2 is 1.82 bits per heavy atom. The van der Waals surface area contributed by atoms with Gasteiger partial charge in [0, 0.05) is 37.1 Å². The minimum absolute atomic E-state index is 0.242. The summed E-state index contributed by atoms with van der Waals surface area (Å²) < 4.78 is 39.4. The topological polar surface area (TPSA) is 84.9 Å². The SMILES string of the molecule is Cc1nc(N2CCN(S(=O)(=O)c3ccc4c(c3)OCCO4)CC2)c2c3c(sc2n1)C[C@@H](C)CC3. The lowest BCUT2D eigenvalue weighted by Crippen LogP contribution is -2.49. The molecule has 0 amide bonds. The van der Waals surface area contributed by atoms with Crippen LogP contribution in [0, 0.1) is 12.8 Å². The number of sulfonamides is 1. The molecule has 1 fully saturated rings. The Hall–Kier alpha value is -2.43. The Balaban J connectivity index is 1.26. The van der Waals surface area contributed by atoms with E-state index in [-0.39, 0.29) is 4.90 Å². The van der Waals surface area contributed by atoms with Crippen LogP contribution >= 0.6 is 11.3 Å². The first-order valence-electron chi connectivity index (χ1n) is 11.8. The molecule has 34 heavy (non-hydrogen) atoms. The number of hydrogen-bond acceptors (Lipinski definition) is 8. The number of aryl methyl sites for hydroxylation is 2. The summed E-state index contributed by atoms with van der Waals surface area (Å²) in [6.07, 6.45) is 3.36. The fraction of sp³-hybridized carbons (Fsp3) is 0.500. The zero-order valence-electron chi connectivity index (χ0n) is 19.4. The summed E-state index contributed by atoms with van der Waals surface area (Å²) in [4.78, 5) is 14.6. The number of piperazine rings is 1. The van der Waals surface area contributed by atoms with Gasteiger partial charge in [-0.25, -0.2) is 18.4 Å². The molecule has 0 spiro atoms. The van der Waals surface area contributed by atoms with Crippen LogP contribution in [-0.2, 0) is 22.9 Å². The van der Waals surface area contributed by atoms with Gasteiger partial charge in [-0.2, -0.15) is 4.31 Å². The quantitative estimate of drug-likeness (QED) is 0.545. The summed E-state index contributed by atoms with van der Waals surface area (Å²) in [5.74, 6) is 3.51. The lowest BCUT2D eigenvalue weighted by atomic mass is 9.89. The van der Waals surface area contributed by atoms with Gasteiger partial charge in [0.25, 0.3) is 0 Å². The molecule has 2 aromatic heterocycles. The van der Waals surface area contributed by atoms with Crippen molar-refractivity contribution in [1.29, 1.82) is 0 Å². The zero-order chi connectivity index (χ0) is 23.4. The fourth-order valence-corrected chi connectivity index (χ4v) is 7.99. The van der Waals surface area contributed by atoms with E-state index >= 15 is 0 Å². The van der Waals surface area contributed by atoms with Gasteiger partial charge >= 0.3 is 0 Å². The average Bonchev–Trinajstić information content (AvgIpc) is 3.20. The van der Waals surface area contributed by atoms with Crippen LogP contribution in [0.2, 0.25) is 0 Å². The lowest BCUT2D eigenvalue weighted by molar-refractivity contribution is 0.171. The van der Waals surface area contributed by atoms with Crippen molar-refractivity contribution in [3.63, 3.8) is 0 Å². The van der Waals surface area contributed by atoms with Crippen LogP contribution in [0.25, 0.3) is 10.2 Å². The van der Waals surface area contributed by atoms with Gasteiger partial charge in [-0.1, -0.05) is 6.92 Å². The van der Waals surface area contributed by atoms with E-state index < -0.39 is 10.0 Å². The maximum absolute atomic E-state index is 13.4. The minimum atomic E-state index is -3.62. The van der Waals surface area contributed by atoms with Gasteiger partial charge in [0.05, 0.1) is 10.3 Å². The minimum Gasteiger partial charge on any atom is -0.486 e. The zero-order valence-corrected chi connectivity index (χ0v) is 21.0. The third-order valence-corrected chi connectivity index (χ3v) is 9.98. The molecule has 1 aromatic carbocycles. The third-order valence-electron chi connectivity index (χ3n) is 6.94. The Bertz CT molecular complexity index is 1360. The molecule has 2 aliphatic heterocycles. The van der Waals surface area contributed by atoms with E-state index in [1.807, 2.05) is 6.92 Å². The second-order valence-electron chi connectivity index (χ2n) is 9.32. The summed E-state index contributed by atoms with van der Waals surface area (Å²) in [5, 5.41) is 1.18. The molecule has 180 valence electrons. The van der Waals surface area contributed by atoms with Crippen molar-refractivity contribution >= 4 is 37.4 Å². The van der Waals surface area contributed by atoms with E-state index in [0.29, 0.717) is 56.8 Å². The summed E-state index contributed by atoms with van der Waals surface area (Å²) in [5.41, 5.74) is 1.40. The number of aromatic nitrogens is 2. The van der Waals surface area contributed by atoms with Gasteiger partial charge < -0.3 is 14.4 Å². The lowest BCUT2D eigenvalue weighted by Gasteiger charge is -2.35. The van der Waals surface area contributed by atoms with Gasteiger partial charge in [0.1, 0.15) is 29.7 Å². The van der Waals surface area contributed by atoms with E-state index in [1.54, 1.807) is 33.8 Å². The molecule has 0 bridgehead atoms. The molecular formula is C24H28N4O4S2. The molecule has 0 radical (unpaired) electrons. The number of rotatable bonds is 3. The van der Waals surface area contributed by atoms with Crippen molar-refractivity contribution in [2.45, 2.75) is 38.0 Å². The van der Waals surface area contributed by atoms with E-state index in [1.165, 1.54) is 22.2 Å². The highest BCUT2D eigenvalue weighted by Gasteiger charge is 2.32. The number of nitrogens with zero attached hydrogens (tertiary/aromatic N) is 4. The smallest absolute Gasteiger partial charge is 0.243 e. The Kier molecular flexibility index (Phi) is 5.42. The first-order chi connectivity index (χ1) is 16.4. The summed E-state index contributed by atoms with van der Waals surface area (Å²) in [7, 11) is -3.62. The van der Waals surface area contributed by atoms with Crippen molar-refractivity contribution in [3.05, 3.63) is 34.5 Å². The molecule has 3 aliphatic rings. The van der Waals surface area contributed by atoms with Gasteiger partial charge in [-0.05, 0) is 49.8 Å². The monoisotopic (exact) mass is 500 g/mol. The summed E-state index contributed by atoms with van der Waals surface area (Å²) in [6, 6.07) is 4.86. The average molecular weight is 501 g/mol. The van der Waals surface area contributed by atoms with E-state index in [2.05, 4.69) is 11.8 Å². The molecule has 4 heterocycles. The number of fused-ring (bicyclic) bond motifs is 4. The maximum Gasteiger partial charge on any atom is 0.243 e. The van der Waals surface area contributed by atoms with Gasteiger partial charge in [-0.15, -0.1) is 11.3 Å². The van der Waals surface area contributed by atoms with Crippen molar-refractivity contribution in [2.24, 2.45) is 5.92 Å². The van der Waals surface area contributed by atoms with Crippen LogP contribution in [0.5, 0.6) is 11.5 Å². The van der Waals surface area contributed by atoms with Gasteiger partial charge in [-0.3, -0.25) is 0 Å². The van der Waals surface area contributed by atoms with E-state index in [4.69, 9.17) is 19.4 Å². The normalized spacial score (nSPS) is 21.0. The third kappa shape index (κ3) is 3.72. The molecule has 3 aromatic rings. The molecule has 6 rings (SSSR count). The number of anilines is 1. The van der Waals surface area contributed by atoms with Crippen LogP contribution in [0.4, 0.5) is 5.82 Å².